The Bertz CT molecular complexity index is 976. The molecule has 0 radical (unpaired) electrons. The largest absolute Gasteiger partial charge is 0.497 e. The van der Waals surface area contributed by atoms with Gasteiger partial charge in [0.1, 0.15) is 5.75 Å². The van der Waals surface area contributed by atoms with Crippen LogP contribution in [0.1, 0.15) is 34.9 Å². The number of ether oxygens (including phenoxy) is 1. The van der Waals surface area contributed by atoms with E-state index in [9.17, 15) is 4.79 Å². The van der Waals surface area contributed by atoms with Crippen molar-refractivity contribution in [2.24, 2.45) is 0 Å². The fourth-order valence-corrected chi connectivity index (χ4v) is 3.61. The van der Waals surface area contributed by atoms with Crippen molar-refractivity contribution in [2.45, 2.75) is 18.9 Å². The monoisotopic (exact) mass is 375 g/mol. The first-order chi connectivity index (χ1) is 13.7. The summed E-state index contributed by atoms with van der Waals surface area (Å²) >= 11 is 0. The molecule has 2 N–H and O–H groups in total. The topological polar surface area (TPSA) is 94.2 Å². The highest BCUT2D eigenvalue weighted by molar-refractivity contribution is 5.94. The number of nitrogen functional groups attached to an aromatic ring is 1. The number of amides is 1. The summed E-state index contributed by atoms with van der Waals surface area (Å²) < 4.78 is 5.24. The van der Waals surface area contributed by atoms with Crippen LogP contribution in [0.5, 0.6) is 5.75 Å². The lowest BCUT2D eigenvalue weighted by Crippen LogP contribution is -2.31. The van der Waals surface area contributed by atoms with Gasteiger partial charge >= 0.3 is 0 Å². The molecule has 28 heavy (non-hydrogen) atoms. The zero-order valence-corrected chi connectivity index (χ0v) is 15.6. The second-order valence-electron chi connectivity index (χ2n) is 6.65. The van der Waals surface area contributed by atoms with Crippen LogP contribution >= 0.6 is 0 Å². The molecular weight excluding hydrogens is 354 g/mol. The van der Waals surface area contributed by atoms with Crippen LogP contribution in [0.2, 0.25) is 0 Å². The van der Waals surface area contributed by atoms with E-state index in [-0.39, 0.29) is 17.9 Å². The van der Waals surface area contributed by atoms with Crippen molar-refractivity contribution in [2.75, 3.05) is 19.4 Å². The van der Waals surface area contributed by atoms with Gasteiger partial charge < -0.3 is 15.4 Å². The van der Waals surface area contributed by atoms with E-state index in [0.717, 1.165) is 35.4 Å². The normalized spacial score (nSPS) is 16.2. The molecule has 7 nitrogen and oxygen atoms in total. The summed E-state index contributed by atoms with van der Waals surface area (Å²) in [6, 6.07) is 11.1. The standard InChI is InChI=1S/C21H21N5O2/c1-28-16-8-6-14(7-9-16)17-13-24-21(22)25-19(17)18-5-3-11-26(18)20(27)15-4-2-10-23-12-15/h2,4,6-10,12-13,18H,3,5,11H2,1H3,(H2,22,24,25). The van der Waals surface area contributed by atoms with E-state index in [1.54, 1.807) is 37.8 Å². The summed E-state index contributed by atoms with van der Waals surface area (Å²) in [6.07, 6.45) is 6.71. The predicted octanol–water partition coefficient (Wildman–Crippen LogP) is 3.11. The summed E-state index contributed by atoms with van der Waals surface area (Å²) in [4.78, 5) is 27.7. The van der Waals surface area contributed by atoms with Gasteiger partial charge in [-0.25, -0.2) is 9.97 Å². The van der Waals surface area contributed by atoms with Gasteiger partial charge in [-0.1, -0.05) is 12.1 Å². The summed E-state index contributed by atoms with van der Waals surface area (Å²) in [5.74, 6) is 0.928. The van der Waals surface area contributed by atoms with Crippen molar-refractivity contribution in [3.8, 4) is 16.9 Å². The number of nitrogens with zero attached hydrogens (tertiary/aromatic N) is 4. The Morgan fingerprint density at radius 2 is 2.04 bits per heavy atom. The van der Waals surface area contributed by atoms with Crippen molar-refractivity contribution in [1.82, 2.24) is 19.9 Å². The molecule has 1 saturated heterocycles. The Labute approximate surface area is 163 Å². The van der Waals surface area contributed by atoms with Gasteiger partial charge in [0.15, 0.2) is 0 Å². The third-order valence-electron chi connectivity index (χ3n) is 4.98. The Hall–Kier alpha value is -3.48. The fraction of sp³-hybridized carbons (Fsp3) is 0.238. The molecule has 7 heteroatoms. The quantitative estimate of drug-likeness (QED) is 0.753. The minimum absolute atomic E-state index is 0.0477. The van der Waals surface area contributed by atoms with Crippen LogP contribution in [-0.4, -0.2) is 39.4 Å². The minimum Gasteiger partial charge on any atom is -0.497 e. The van der Waals surface area contributed by atoms with Crippen LogP contribution < -0.4 is 10.5 Å². The number of methoxy groups -OCH3 is 1. The molecule has 1 amide bonds. The lowest BCUT2D eigenvalue weighted by molar-refractivity contribution is 0.0733. The predicted molar refractivity (Wildman–Crippen MR) is 106 cm³/mol. The number of pyridine rings is 1. The van der Waals surface area contributed by atoms with Crippen molar-refractivity contribution >= 4 is 11.9 Å². The molecule has 3 aromatic rings. The lowest BCUT2D eigenvalue weighted by Gasteiger charge is -2.26. The summed E-state index contributed by atoms with van der Waals surface area (Å²) in [5, 5.41) is 0. The molecule has 0 aliphatic carbocycles. The number of hydrogen-bond donors (Lipinski definition) is 1. The number of benzene rings is 1. The molecule has 1 aliphatic heterocycles. The lowest BCUT2D eigenvalue weighted by atomic mass is 9.99. The van der Waals surface area contributed by atoms with Crippen molar-refractivity contribution in [3.05, 3.63) is 66.2 Å². The molecular formula is C21H21N5O2. The molecule has 4 rings (SSSR count). The maximum absolute atomic E-state index is 13.0. The van der Waals surface area contributed by atoms with E-state index in [4.69, 9.17) is 10.5 Å². The number of likely N-dealkylation sites (tertiary alicyclic amines) is 1. The Balaban J connectivity index is 1.73. The summed E-state index contributed by atoms with van der Waals surface area (Å²) in [6.45, 7) is 0.671. The molecule has 2 aromatic heterocycles. The van der Waals surface area contributed by atoms with Crippen LogP contribution in [0.25, 0.3) is 11.1 Å². The second kappa shape index (κ2) is 7.64. The van der Waals surface area contributed by atoms with Gasteiger partial charge in [-0.3, -0.25) is 9.78 Å². The molecule has 1 aliphatic rings. The van der Waals surface area contributed by atoms with Gasteiger partial charge in [0.25, 0.3) is 5.91 Å². The average molecular weight is 375 g/mol. The Morgan fingerprint density at radius 1 is 1.21 bits per heavy atom. The van der Waals surface area contributed by atoms with Crippen molar-refractivity contribution < 1.29 is 9.53 Å². The molecule has 0 spiro atoms. The van der Waals surface area contributed by atoms with Gasteiger partial charge in [0, 0.05) is 30.7 Å². The highest BCUT2D eigenvalue weighted by atomic mass is 16.5. The molecule has 1 fully saturated rings. The maximum Gasteiger partial charge on any atom is 0.255 e. The van der Waals surface area contributed by atoms with Gasteiger partial charge in [-0.15, -0.1) is 0 Å². The van der Waals surface area contributed by atoms with E-state index in [0.29, 0.717) is 12.1 Å². The van der Waals surface area contributed by atoms with Crippen LogP contribution in [0.4, 0.5) is 5.95 Å². The number of anilines is 1. The van der Waals surface area contributed by atoms with E-state index in [1.165, 1.54) is 0 Å². The van der Waals surface area contributed by atoms with Crippen LogP contribution in [0.15, 0.2) is 55.0 Å². The van der Waals surface area contributed by atoms with E-state index in [2.05, 4.69) is 15.0 Å². The molecule has 0 bridgehead atoms. The first-order valence-corrected chi connectivity index (χ1v) is 9.15. The van der Waals surface area contributed by atoms with Gasteiger partial charge in [-0.2, -0.15) is 0 Å². The molecule has 1 unspecified atom stereocenters. The van der Waals surface area contributed by atoms with E-state index >= 15 is 0 Å². The van der Waals surface area contributed by atoms with E-state index in [1.807, 2.05) is 29.2 Å². The van der Waals surface area contributed by atoms with Gasteiger partial charge in [0.2, 0.25) is 5.95 Å². The molecule has 1 atom stereocenters. The fourth-order valence-electron chi connectivity index (χ4n) is 3.61. The number of nitrogens with two attached hydrogens (primary N) is 1. The number of rotatable bonds is 4. The zero-order chi connectivity index (χ0) is 19.5. The van der Waals surface area contributed by atoms with Gasteiger partial charge in [0.05, 0.1) is 24.4 Å². The highest BCUT2D eigenvalue weighted by Gasteiger charge is 2.33. The van der Waals surface area contributed by atoms with E-state index < -0.39 is 0 Å². The Kier molecular flexibility index (Phi) is 4.89. The van der Waals surface area contributed by atoms with Crippen LogP contribution in [0, 0.1) is 0 Å². The van der Waals surface area contributed by atoms with Crippen molar-refractivity contribution in [3.63, 3.8) is 0 Å². The van der Waals surface area contributed by atoms with Crippen LogP contribution in [-0.2, 0) is 0 Å². The first-order valence-electron chi connectivity index (χ1n) is 9.15. The smallest absolute Gasteiger partial charge is 0.255 e. The Morgan fingerprint density at radius 3 is 2.75 bits per heavy atom. The highest BCUT2D eigenvalue weighted by Crippen LogP contribution is 2.37. The number of hydrogen-bond acceptors (Lipinski definition) is 6. The first kappa shape index (κ1) is 17.9. The summed E-state index contributed by atoms with van der Waals surface area (Å²) in [5.41, 5.74) is 9.06. The average Bonchev–Trinajstić information content (AvgIpc) is 3.23. The third-order valence-corrected chi connectivity index (χ3v) is 4.98. The summed E-state index contributed by atoms with van der Waals surface area (Å²) in [7, 11) is 1.63. The maximum atomic E-state index is 13.0. The van der Waals surface area contributed by atoms with Crippen molar-refractivity contribution in [1.29, 1.82) is 0 Å². The SMILES string of the molecule is COc1ccc(-c2cnc(N)nc2C2CCCN2C(=O)c2cccnc2)cc1. The van der Waals surface area contributed by atoms with Crippen LogP contribution in [0.3, 0.4) is 0 Å². The number of carbonyl (C=O) groups is 1. The van der Waals surface area contributed by atoms with Gasteiger partial charge in [-0.05, 0) is 42.7 Å². The minimum atomic E-state index is -0.157. The number of aromatic nitrogens is 3. The molecule has 0 saturated carbocycles. The zero-order valence-electron chi connectivity index (χ0n) is 15.6. The molecule has 1 aromatic carbocycles. The molecule has 3 heterocycles. The number of carbonyl (C=O) groups excluding carboxylic acids is 1. The molecule has 142 valence electrons. The third kappa shape index (κ3) is 3.38. The second-order valence-corrected chi connectivity index (χ2v) is 6.65.